The molecule has 0 aliphatic rings. The smallest absolute Gasteiger partial charge is 0.240 e. The Morgan fingerprint density at radius 1 is 1.18 bits per heavy atom. The van der Waals surface area contributed by atoms with E-state index in [1.54, 1.807) is 12.1 Å². The van der Waals surface area contributed by atoms with Crippen LogP contribution in [0.2, 0.25) is 5.02 Å². The van der Waals surface area contributed by atoms with E-state index >= 15 is 0 Å². The highest BCUT2D eigenvalue weighted by atomic mass is 35.5. The van der Waals surface area contributed by atoms with Gasteiger partial charge < -0.3 is 10.4 Å². The number of nitrogens with one attached hydrogen (secondary N) is 1. The second-order valence-corrected chi connectivity index (χ2v) is 7.21. The molecule has 0 unspecified atom stereocenters. The topological polar surface area (TPSA) is 83.5 Å². The van der Waals surface area contributed by atoms with Crippen LogP contribution in [0.3, 0.4) is 0 Å². The van der Waals surface area contributed by atoms with Crippen molar-refractivity contribution < 1.29 is 18.3 Å². The second kappa shape index (κ2) is 6.37. The third-order valence-corrected chi connectivity index (χ3v) is 4.80. The average molecular weight is 340 g/mol. The van der Waals surface area contributed by atoms with Crippen molar-refractivity contribution in [2.45, 2.75) is 11.8 Å². The van der Waals surface area contributed by atoms with Crippen LogP contribution in [0.4, 0.5) is 5.69 Å². The highest BCUT2D eigenvalue weighted by Crippen LogP contribution is 2.26. The molecule has 0 atom stereocenters. The number of anilines is 1. The molecule has 2 aromatic carbocycles. The number of carbonyl (C=O) groups excluding carboxylic acids is 1. The maximum absolute atomic E-state index is 12.1. The number of benzene rings is 2. The number of sulfone groups is 1. The number of phenolic OH excluding ortho intramolecular Hbond substituents is 1. The first kappa shape index (κ1) is 16.3. The standard InChI is InChI=1S/C15H14ClNO4S/c1-10-2-5-12(6-3-10)22(20,21)9-15(19)17-13-8-11(16)4-7-14(13)18/h2-8,18H,9H2,1H3,(H,17,19). The average Bonchev–Trinajstić information content (AvgIpc) is 2.42. The molecule has 5 nitrogen and oxygen atoms in total. The molecule has 0 saturated heterocycles. The number of rotatable bonds is 4. The van der Waals surface area contributed by atoms with Gasteiger partial charge in [0.15, 0.2) is 9.84 Å². The van der Waals surface area contributed by atoms with E-state index < -0.39 is 21.5 Å². The van der Waals surface area contributed by atoms with Crippen molar-refractivity contribution in [3.8, 4) is 5.75 Å². The van der Waals surface area contributed by atoms with Gasteiger partial charge in [0.2, 0.25) is 5.91 Å². The monoisotopic (exact) mass is 339 g/mol. The fourth-order valence-corrected chi connectivity index (χ4v) is 3.10. The highest BCUT2D eigenvalue weighted by molar-refractivity contribution is 7.92. The van der Waals surface area contributed by atoms with Crippen molar-refractivity contribution in [1.29, 1.82) is 0 Å². The first-order valence-corrected chi connectivity index (χ1v) is 8.39. The van der Waals surface area contributed by atoms with E-state index in [0.29, 0.717) is 5.02 Å². The van der Waals surface area contributed by atoms with Crippen LogP contribution >= 0.6 is 11.6 Å². The van der Waals surface area contributed by atoms with Gasteiger partial charge >= 0.3 is 0 Å². The van der Waals surface area contributed by atoms with Crippen LogP contribution in [0.5, 0.6) is 5.75 Å². The number of carbonyl (C=O) groups is 1. The normalized spacial score (nSPS) is 11.2. The third kappa shape index (κ3) is 3.99. The summed E-state index contributed by atoms with van der Waals surface area (Å²) in [6, 6.07) is 10.3. The number of phenols is 1. The van der Waals surface area contributed by atoms with E-state index in [4.69, 9.17) is 11.6 Å². The van der Waals surface area contributed by atoms with Crippen molar-refractivity contribution in [1.82, 2.24) is 0 Å². The fraction of sp³-hybridized carbons (Fsp3) is 0.133. The van der Waals surface area contributed by atoms with Gasteiger partial charge in [0, 0.05) is 5.02 Å². The van der Waals surface area contributed by atoms with Gasteiger partial charge in [0.1, 0.15) is 11.5 Å². The molecule has 0 aromatic heterocycles. The Balaban J connectivity index is 2.14. The number of aryl methyl sites for hydroxylation is 1. The summed E-state index contributed by atoms with van der Waals surface area (Å²) in [6.07, 6.45) is 0. The summed E-state index contributed by atoms with van der Waals surface area (Å²) in [7, 11) is -3.75. The van der Waals surface area contributed by atoms with Gasteiger partial charge in [-0.25, -0.2) is 8.42 Å². The molecule has 0 spiro atoms. The van der Waals surface area contributed by atoms with E-state index in [0.717, 1.165) is 5.56 Å². The lowest BCUT2D eigenvalue weighted by molar-refractivity contribution is -0.113. The number of hydrogen-bond donors (Lipinski definition) is 2. The van der Waals surface area contributed by atoms with Crippen LogP contribution in [-0.2, 0) is 14.6 Å². The van der Waals surface area contributed by atoms with Crippen LogP contribution in [0.1, 0.15) is 5.56 Å². The zero-order valence-corrected chi connectivity index (χ0v) is 13.3. The molecule has 0 heterocycles. The SMILES string of the molecule is Cc1ccc(S(=O)(=O)CC(=O)Nc2cc(Cl)ccc2O)cc1. The van der Waals surface area contributed by atoms with Crippen LogP contribution in [0.15, 0.2) is 47.4 Å². The molecule has 2 rings (SSSR count). The molecule has 2 aromatic rings. The molecule has 0 aliphatic carbocycles. The zero-order valence-electron chi connectivity index (χ0n) is 11.7. The minimum absolute atomic E-state index is 0.0663. The Morgan fingerprint density at radius 2 is 1.82 bits per heavy atom. The molecular formula is C15H14ClNO4S. The van der Waals surface area contributed by atoms with Gasteiger partial charge in [-0.3, -0.25) is 4.79 Å². The van der Waals surface area contributed by atoms with Gasteiger partial charge in [0.25, 0.3) is 0 Å². The van der Waals surface area contributed by atoms with Gasteiger partial charge in [-0.1, -0.05) is 29.3 Å². The summed E-state index contributed by atoms with van der Waals surface area (Å²) in [5, 5.41) is 12.3. The molecule has 116 valence electrons. The first-order valence-electron chi connectivity index (χ1n) is 6.36. The number of hydrogen-bond acceptors (Lipinski definition) is 4. The van der Waals surface area contributed by atoms with E-state index in [9.17, 15) is 18.3 Å². The lowest BCUT2D eigenvalue weighted by atomic mass is 10.2. The summed E-state index contributed by atoms with van der Waals surface area (Å²) in [5.74, 6) is -1.66. The largest absolute Gasteiger partial charge is 0.506 e. The molecule has 0 fully saturated rings. The van der Waals surface area contributed by atoms with Gasteiger partial charge in [-0.2, -0.15) is 0 Å². The predicted octanol–water partition coefficient (Wildman–Crippen LogP) is 2.77. The maximum atomic E-state index is 12.1. The predicted molar refractivity (Wildman–Crippen MR) is 85.0 cm³/mol. The fourth-order valence-electron chi connectivity index (χ4n) is 1.80. The van der Waals surface area contributed by atoms with Crippen molar-refractivity contribution in [3.63, 3.8) is 0 Å². The van der Waals surface area contributed by atoms with Gasteiger partial charge in [0.05, 0.1) is 10.6 Å². The Labute approximate surface area is 133 Å². The molecule has 2 N–H and O–H groups in total. The Kier molecular flexibility index (Phi) is 4.73. The van der Waals surface area contributed by atoms with Crippen LogP contribution in [0.25, 0.3) is 0 Å². The van der Waals surface area contributed by atoms with Crippen LogP contribution in [-0.4, -0.2) is 25.2 Å². The summed E-state index contributed by atoms with van der Waals surface area (Å²) in [5.41, 5.74) is 0.990. The molecule has 22 heavy (non-hydrogen) atoms. The first-order chi connectivity index (χ1) is 10.3. The van der Waals surface area contributed by atoms with Gasteiger partial charge in [-0.05, 0) is 37.3 Å². The summed E-state index contributed by atoms with van der Waals surface area (Å²) in [6.45, 7) is 1.84. The Hall–Kier alpha value is -2.05. The minimum Gasteiger partial charge on any atom is -0.506 e. The van der Waals surface area contributed by atoms with E-state index in [2.05, 4.69) is 5.32 Å². The highest BCUT2D eigenvalue weighted by Gasteiger charge is 2.20. The Morgan fingerprint density at radius 3 is 2.45 bits per heavy atom. The summed E-state index contributed by atoms with van der Waals surface area (Å²) >= 11 is 5.76. The van der Waals surface area contributed by atoms with Crippen molar-refractivity contribution >= 4 is 33.0 Å². The molecule has 7 heteroatoms. The molecule has 0 radical (unpaired) electrons. The quantitative estimate of drug-likeness (QED) is 0.839. The lowest BCUT2D eigenvalue weighted by Gasteiger charge is -2.08. The van der Waals surface area contributed by atoms with Gasteiger partial charge in [-0.15, -0.1) is 0 Å². The molecular weight excluding hydrogens is 326 g/mol. The van der Waals surface area contributed by atoms with Crippen LogP contribution in [0, 0.1) is 6.92 Å². The summed E-state index contributed by atoms with van der Waals surface area (Å²) in [4.78, 5) is 12.0. The molecule has 0 aliphatic heterocycles. The van der Waals surface area contributed by atoms with Crippen molar-refractivity contribution in [3.05, 3.63) is 53.1 Å². The van der Waals surface area contributed by atoms with Crippen molar-refractivity contribution in [2.24, 2.45) is 0 Å². The van der Waals surface area contributed by atoms with Crippen LogP contribution < -0.4 is 5.32 Å². The lowest BCUT2D eigenvalue weighted by Crippen LogP contribution is -2.23. The summed E-state index contributed by atoms with van der Waals surface area (Å²) < 4.78 is 24.3. The Bertz CT molecular complexity index is 801. The van der Waals surface area contributed by atoms with Crippen molar-refractivity contribution in [2.75, 3.05) is 11.1 Å². The molecule has 0 saturated carbocycles. The van der Waals surface area contributed by atoms with E-state index in [1.165, 1.54) is 30.3 Å². The second-order valence-electron chi connectivity index (χ2n) is 4.78. The minimum atomic E-state index is -3.75. The number of amides is 1. The maximum Gasteiger partial charge on any atom is 0.240 e. The number of halogens is 1. The molecule has 1 amide bonds. The third-order valence-electron chi connectivity index (χ3n) is 2.93. The number of aromatic hydroxyl groups is 1. The zero-order chi connectivity index (χ0) is 16.3. The van der Waals surface area contributed by atoms with E-state index in [-0.39, 0.29) is 16.3 Å². The van der Waals surface area contributed by atoms with E-state index in [1.807, 2.05) is 6.92 Å². The molecule has 0 bridgehead atoms.